The molecule has 2 aromatic carbocycles. The van der Waals surface area contributed by atoms with Gasteiger partial charge in [-0.05, 0) is 50.1 Å². The lowest BCUT2D eigenvalue weighted by Gasteiger charge is -2.21. The molecule has 2 atom stereocenters. The summed E-state index contributed by atoms with van der Waals surface area (Å²) in [7, 11) is 1.91. The van der Waals surface area contributed by atoms with E-state index in [9.17, 15) is 27.9 Å². The predicted molar refractivity (Wildman–Crippen MR) is 149 cm³/mol. The highest BCUT2D eigenvalue weighted by molar-refractivity contribution is 5.94. The molecule has 0 bridgehead atoms. The lowest BCUT2D eigenvalue weighted by atomic mass is 10.0. The first-order chi connectivity index (χ1) is 19.7. The molecule has 3 heterocycles. The summed E-state index contributed by atoms with van der Waals surface area (Å²) < 4.78 is 39.9. The van der Waals surface area contributed by atoms with Crippen molar-refractivity contribution in [2.45, 2.75) is 38.4 Å². The van der Waals surface area contributed by atoms with E-state index in [-0.39, 0.29) is 23.0 Å². The number of halogens is 3. The lowest BCUT2D eigenvalue weighted by Crippen LogP contribution is -2.21. The molecule has 0 radical (unpaired) electrons. The number of aryl methyl sites for hydroxylation is 2. The largest absolute Gasteiger partial charge is 0.490 e. The first kappa shape index (κ1) is 30.2. The Morgan fingerprint density at radius 3 is 2.45 bits per heavy atom. The predicted octanol–water partition coefficient (Wildman–Crippen LogP) is 5.33. The maximum Gasteiger partial charge on any atom is 0.490 e. The highest BCUT2D eigenvalue weighted by Gasteiger charge is 2.38. The summed E-state index contributed by atoms with van der Waals surface area (Å²) in [4.78, 5) is 35.8. The van der Waals surface area contributed by atoms with Crippen LogP contribution in [0.4, 0.5) is 24.7 Å². The van der Waals surface area contributed by atoms with Crippen LogP contribution >= 0.6 is 0 Å². The van der Waals surface area contributed by atoms with Crippen LogP contribution in [0.3, 0.4) is 0 Å². The molecule has 42 heavy (non-hydrogen) atoms. The molecule has 0 saturated carbocycles. The molecule has 3 N–H and O–H groups in total. The summed E-state index contributed by atoms with van der Waals surface area (Å²) >= 11 is 0. The first-order valence-electron chi connectivity index (χ1n) is 13.0. The summed E-state index contributed by atoms with van der Waals surface area (Å²) in [5.74, 6) is -2.93. The number of hydrogen-bond donors (Lipinski definition) is 3. The molecule has 0 aliphatic carbocycles. The normalized spacial score (nSPS) is 15.7. The van der Waals surface area contributed by atoms with Crippen LogP contribution in [0, 0.1) is 6.92 Å². The van der Waals surface area contributed by atoms with E-state index in [0.717, 1.165) is 36.3 Å². The van der Waals surface area contributed by atoms with E-state index < -0.39 is 18.1 Å². The van der Waals surface area contributed by atoms with Crippen molar-refractivity contribution < 1.29 is 37.4 Å². The van der Waals surface area contributed by atoms with E-state index in [0.29, 0.717) is 22.5 Å². The minimum atomic E-state index is -5.08. The van der Waals surface area contributed by atoms with Gasteiger partial charge in [-0.3, -0.25) is 9.48 Å². The standard InChI is InChI=1S/C27H28N4O4.C2HF3O2/c1-16-12-20(17(2)28-23-7-5-4-6-19(23)27(33)34)26-21(13-16)24(32)14-25(35-26)31-11-8-18(15-31)22-9-10-30(3)29-22;3-2(4,5)1(6)7/h4-7,9-10,12-14,17-18,28H,8,11,15H2,1-3H3,(H,33,34);(H,6,7). The van der Waals surface area contributed by atoms with Gasteiger partial charge in [0.2, 0.25) is 0 Å². The molecule has 1 fully saturated rings. The summed E-state index contributed by atoms with van der Waals surface area (Å²) in [5, 5.41) is 25.0. The Labute approximate surface area is 238 Å². The number of nitrogens with zero attached hydrogens (tertiary/aromatic N) is 3. The third kappa shape index (κ3) is 6.73. The lowest BCUT2D eigenvalue weighted by molar-refractivity contribution is -0.192. The number of benzene rings is 2. The molecule has 1 aliphatic heterocycles. The van der Waals surface area contributed by atoms with Gasteiger partial charge in [-0.15, -0.1) is 0 Å². The monoisotopic (exact) mass is 586 g/mol. The number of carboxylic acid groups (broad SMARTS) is 2. The Balaban J connectivity index is 0.000000517. The fourth-order valence-electron chi connectivity index (χ4n) is 4.86. The Bertz CT molecular complexity index is 1680. The first-order valence-corrected chi connectivity index (χ1v) is 13.0. The van der Waals surface area contributed by atoms with Crippen LogP contribution in [0.1, 0.15) is 52.5 Å². The van der Waals surface area contributed by atoms with E-state index >= 15 is 0 Å². The van der Waals surface area contributed by atoms with Gasteiger partial charge in [0.25, 0.3) is 0 Å². The Morgan fingerprint density at radius 2 is 1.83 bits per heavy atom. The van der Waals surface area contributed by atoms with Gasteiger partial charge < -0.3 is 24.8 Å². The Morgan fingerprint density at radius 1 is 1.14 bits per heavy atom. The van der Waals surface area contributed by atoms with E-state index in [1.54, 1.807) is 35.0 Å². The fraction of sp³-hybridized carbons (Fsp3) is 0.310. The molecular formula is C29H29F3N4O6. The smallest absolute Gasteiger partial charge is 0.478 e. The number of aliphatic carboxylic acids is 1. The van der Waals surface area contributed by atoms with Gasteiger partial charge in [0.05, 0.1) is 22.7 Å². The molecule has 2 unspecified atom stereocenters. The number of alkyl halides is 3. The van der Waals surface area contributed by atoms with Crippen molar-refractivity contribution in [2.75, 3.05) is 23.3 Å². The number of carbonyl (C=O) groups is 2. The van der Waals surface area contributed by atoms with Crippen molar-refractivity contribution in [3.8, 4) is 0 Å². The molecule has 0 spiro atoms. The van der Waals surface area contributed by atoms with Crippen molar-refractivity contribution in [2.24, 2.45) is 7.05 Å². The maximum atomic E-state index is 13.1. The third-order valence-electron chi connectivity index (χ3n) is 6.88. The van der Waals surface area contributed by atoms with Crippen molar-refractivity contribution >= 4 is 34.5 Å². The average Bonchev–Trinajstić information content (AvgIpc) is 3.58. The number of carboxylic acids is 2. The van der Waals surface area contributed by atoms with Crippen LogP contribution in [0.15, 0.2) is 63.9 Å². The number of aromatic carboxylic acids is 1. The number of aromatic nitrogens is 2. The van der Waals surface area contributed by atoms with Crippen LogP contribution in [-0.2, 0) is 11.8 Å². The van der Waals surface area contributed by atoms with Crippen LogP contribution in [-0.4, -0.2) is 51.2 Å². The zero-order valence-electron chi connectivity index (χ0n) is 23.0. The second-order valence-corrected chi connectivity index (χ2v) is 10.0. The van der Waals surface area contributed by atoms with Gasteiger partial charge >= 0.3 is 18.1 Å². The quantitative estimate of drug-likeness (QED) is 0.274. The van der Waals surface area contributed by atoms with Gasteiger partial charge in [-0.1, -0.05) is 18.2 Å². The van der Waals surface area contributed by atoms with Crippen molar-refractivity contribution in [3.63, 3.8) is 0 Å². The van der Waals surface area contributed by atoms with E-state index in [4.69, 9.17) is 14.3 Å². The highest BCUT2D eigenvalue weighted by atomic mass is 19.4. The molecule has 13 heteroatoms. The number of nitrogens with one attached hydrogen (secondary N) is 1. The van der Waals surface area contributed by atoms with Crippen LogP contribution in [0.5, 0.6) is 0 Å². The summed E-state index contributed by atoms with van der Waals surface area (Å²) in [5.41, 5.74) is 3.92. The zero-order valence-corrected chi connectivity index (χ0v) is 23.0. The van der Waals surface area contributed by atoms with E-state index in [1.165, 1.54) is 0 Å². The Kier molecular flexibility index (Phi) is 8.59. The molecule has 0 amide bonds. The second-order valence-electron chi connectivity index (χ2n) is 10.0. The number of para-hydroxylation sites is 1. The van der Waals surface area contributed by atoms with Crippen molar-refractivity contribution in [1.29, 1.82) is 0 Å². The van der Waals surface area contributed by atoms with E-state index in [2.05, 4.69) is 15.3 Å². The summed E-state index contributed by atoms with van der Waals surface area (Å²) in [6, 6.07) is 13.9. The molecule has 10 nitrogen and oxygen atoms in total. The number of hydrogen-bond acceptors (Lipinski definition) is 7. The maximum absolute atomic E-state index is 13.1. The van der Waals surface area contributed by atoms with Gasteiger partial charge in [0.1, 0.15) is 5.58 Å². The molecule has 1 saturated heterocycles. The number of fused-ring (bicyclic) bond motifs is 1. The van der Waals surface area contributed by atoms with Gasteiger partial charge in [-0.25, -0.2) is 9.59 Å². The molecular weight excluding hydrogens is 557 g/mol. The minimum Gasteiger partial charge on any atom is -0.478 e. The Hall–Kier alpha value is -4.81. The highest BCUT2D eigenvalue weighted by Crippen LogP contribution is 2.34. The summed E-state index contributed by atoms with van der Waals surface area (Å²) in [6.45, 7) is 5.38. The molecule has 1 aliphatic rings. The number of rotatable bonds is 6. The van der Waals surface area contributed by atoms with Gasteiger partial charge in [-0.2, -0.15) is 18.3 Å². The van der Waals surface area contributed by atoms with Crippen LogP contribution < -0.4 is 15.6 Å². The van der Waals surface area contributed by atoms with Gasteiger partial charge in [0.15, 0.2) is 11.3 Å². The third-order valence-corrected chi connectivity index (χ3v) is 6.88. The van der Waals surface area contributed by atoms with Crippen LogP contribution in [0.25, 0.3) is 11.0 Å². The zero-order chi connectivity index (χ0) is 30.8. The molecule has 5 rings (SSSR count). The average molecular weight is 587 g/mol. The molecule has 4 aromatic rings. The topological polar surface area (TPSA) is 138 Å². The van der Waals surface area contributed by atoms with E-state index in [1.807, 2.05) is 45.3 Å². The minimum absolute atomic E-state index is 0.0920. The SMILES string of the molecule is Cc1cc(C(C)Nc2ccccc2C(=O)O)c2oc(N3CCC(c4ccn(C)n4)C3)cc(=O)c2c1.O=C(O)C(F)(F)F. The molecule has 2 aromatic heterocycles. The summed E-state index contributed by atoms with van der Waals surface area (Å²) in [6.07, 6.45) is -2.21. The second kappa shape index (κ2) is 12.0. The van der Waals surface area contributed by atoms with Gasteiger partial charge in [0, 0.05) is 49.6 Å². The van der Waals surface area contributed by atoms with Crippen molar-refractivity contribution in [1.82, 2.24) is 9.78 Å². The number of anilines is 2. The fourth-order valence-corrected chi connectivity index (χ4v) is 4.86. The molecule has 222 valence electrons. The van der Waals surface area contributed by atoms with Crippen molar-refractivity contribution in [3.05, 3.63) is 87.3 Å². The van der Waals surface area contributed by atoms with Crippen LogP contribution in [0.2, 0.25) is 0 Å².